The van der Waals surface area contributed by atoms with Crippen molar-refractivity contribution in [2.24, 2.45) is 0 Å². The highest BCUT2D eigenvalue weighted by Gasteiger charge is 2.27. The van der Waals surface area contributed by atoms with E-state index in [0.29, 0.717) is 27.5 Å². The maximum atomic E-state index is 12.5. The van der Waals surface area contributed by atoms with E-state index in [4.69, 9.17) is 9.47 Å². The molecule has 170 valence electrons. The number of esters is 1. The van der Waals surface area contributed by atoms with Crippen molar-refractivity contribution >= 4 is 51.3 Å². The maximum Gasteiger partial charge on any atom is 0.343 e. The zero-order valence-corrected chi connectivity index (χ0v) is 20.5. The van der Waals surface area contributed by atoms with E-state index in [1.54, 1.807) is 18.2 Å². The number of thioether (sulfide) groups is 1. The Bertz CT molecular complexity index is 1010. The Morgan fingerprint density at radius 3 is 2.62 bits per heavy atom. The van der Waals surface area contributed by atoms with Crippen molar-refractivity contribution in [3.8, 4) is 11.5 Å². The minimum absolute atomic E-state index is 0.155. The van der Waals surface area contributed by atoms with Gasteiger partial charge in [-0.2, -0.15) is 0 Å². The fourth-order valence-corrected chi connectivity index (χ4v) is 4.53. The predicted molar refractivity (Wildman–Crippen MR) is 130 cm³/mol. The molecule has 32 heavy (non-hydrogen) atoms. The molecule has 1 saturated heterocycles. The molecular formula is C23H25BrN2O5S. The quantitative estimate of drug-likeness (QED) is 0.370. The first-order chi connectivity index (χ1) is 15.4. The summed E-state index contributed by atoms with van der Waals surface area (Å²) in [6.45, 7) is 4.14. The lowest BCUT2D eigenvalue weighted by Crippen LogP contribution is -2.30. The first kappa shape index (κ1) is 24.0. The van der Waals surface area contributed by atoms with Gasteiger partial charge in [0.05, 0.1) is 23.1 Å². The van der Waals surface area contributed by atoms with Crippen molar-refractivity contribution in [3.63, 3.8) is 0 Å². The van der Waals surface area contributed by atoms with Gasteiger partial charge in [-0.1, -0.05) is 30.8 Å². The molecule has 1 heterocycles. The van der Waals surface area contributed by atoms with E-state index in [-0.39, 0.29) is 18.0 Å². The van der Waals surface area contributed by atoms with Crippen LogP contribution in [0.3, 0.4) is 0 Å². The van der Waals surface area contributed by atoms with Crippen LogP contribution < -0.4 is 20.1 Å². The van der Waals surface area contributed by atoms with E-state index in [0.717, 1.165) is 17.7 Å². The lowest BCUT2D eigenvalue weighted by atomic mass is 10.1. The van der Waals surface area contributed by atoms with Gasteiger partial charge in [-0.05, 0) is 70.7 Å². The molecule has 2 aromatic rings. The summed E-state index contributed by atoms with van der Waals surface area (Å²) in [7, 11) is 1.30. The topological polar surface area (TPSA) is 85.9 Å². The SMILES string of the molecule is CCOc1cc(/C=C2\S[C@H](Nc3ccc(CC)cc3)NC2=O)cc(Br)c1OCC(=O)OC. The highest BCUT2D eigenvalue weighted by molar-refractivity contribution is 9.10. The van der Waals surface area contributed by atoms with Crippen LogP contribution in [0, 0.1) is 0 Å². The van der Waals surface area contributed by atoms with Crippen LogP contribution in [-0.2, 0) is 20.7 Å². The number of hydrogen-bond donors (Lipinski definition) is 2. The van der Waals surface area contributed by atoms with Crippen molar-refractivity contribution in [2.75, 3.05) is 25.6 Å². The van der Waals surface area contributed by atoms with Crippen molar-refractivity contribution in [1.82, 2.24) is 5.32 Å². The molecule has 2 N–H and O–H groups in total. The number of aryl methyl sites for hydroxylation is 1. The fraction of sp³-hybridized carbons (Fsp3) is 0.304. The Kier molecular flexibility index (Phi) is 8.46. The third-order valence-electron chi connectivity index (χ3n) is 4.58. The summed E-state index contributed by atoms with van der Waals surface area (Å²) < 4.78 is 16.5. The standard InChI is InChI=1S/C23H25BrN2O5S/c1-4-14-6-8-16(9-7-14)25-23-26-22(28)19(32-23)12-15-10-17(24)21(18(11-15)30-5-2)31-13-20(27)29-3/h6-12,23,25H,4-5,13H2,1-3H3,(H,26,28)/b19-12-/t23-/m1/s1. The number of carbonyl (C=O) groups excluding carboxylic acids is 2. The number of benzene rings is 2. The van der Waals surface area contributed by atoms with Gasteiger partial charge >= 0.3 is 5.97 Å². The summed E-state index contributed by atoms with van der Waals surface area (Å²) >= 11 is 4.87. The molecule has 1 atom stereocenters. The van der Waals surface area contributed by atoms with Crippen LogP contribution >= 0.6 is 27.7 Å². The lowest BCUT2D eigenvalue weighted by Gasteiger charge is -2.14. The highest BCUT2D eigenvalue weighted by Crippen LogP contribution is 2.39. The van der Waals surface area contributed by atoms with E-state index < -0.39 is 5.97 Å². The molecule has 3 rings (SSSR count). The van der Waals surface area contributed by atoms with Gasteiger partial charge < -0.3 is 24.8 Å². The molecule has 0 saturated carbocycles. The largest absolute Gasteiger partial charge is 0.490 e. The molecule has 0 spiro atoms. The van der Waals surface area contributed by atoms with Crippen molar-refractivity contribution in [3.05, 3.63) is 56.9 Å². The molecule has 0 aromatic heterocycles. The summed E-state index contributed by atoms with van der Waals surface area (Å²) in [6.07, 6.45) is 2.77. The highest BCUT2D eigenvalue weighted by atomic mass is 79.9. The minimum atomic E-state index is -0.493. The molecule has 0 unspecified atom stereocenters. The average molecular weight is 521 g/mol. The molecule has 0 aliphatic carbocycles. The van der Waals surface area contributed by atoms with Gasteiger partial charge in [0.1, 0.15) is 0 Å². The fourth-order valence-electron chi connectivity index (χ4n) is 2.97. The zero-order chi connectivity index (χ0) is 23.1. The van der Waals surface area contributed by atoms with Gasteiger partial charge in [0.25, 0.3) is 5.91 Å². The smallest absolute Gasteiger partial charge is 0.343 e. The van der Waals surface area contributed by atoms with E-state index in [1.165, 1.54) is 24.4 Å². The van der Waals surface area contributed by atoms with Gasteiger partial charge in [-0.25, -0.2) is 4.79 Å². The normalized spacial score (nSPS) is 16.6. The first-order valence-corrected chi connectivity index (χ1v) is 11.8. The molecule has 0 bridgehead atoms. The number of rotatable bonds is 9. The number of methoxy groups -OCH3 is 1. The van der Waals surface area contributed by atoms with Crippen molar-refractivity contribution < 1.29 is 23.8 Å². The second-order valence-corrected chi connectivity index (χ2v) is 8.80. The molecule has 0 radical (unpaired) electrons. The van der Waals surface area contributed by atoms with Crippen molar-refractivity contribution in [1.29, 1.82) is 0 Å². The predicted octanol–water partition coefficient (Wildman–Crippen LogP) is 4.56. The third kappa shape index (κ3) is 6.20. The molecule has 1 aliphatic heterocycles. The molecule has 9 heteroatoms. The summed E-state index contributed by atoms with van der Waals surface area (Å²) in [4.78, 5) is 24.5. The van der Waals surface area contributed by atoms with Gasteiger partial charge in [-0.3, -0.25) is 4.79 Å². The Labute approximate surface area is 200 Å². The van der Waals surface area contributed by atoms with E-state index in [1.807, 2.05) is 19.1 Å². The maximum absolute atomic E-state index is 12.5. The second-order valence-electron chi connectivity index (χ2n) is 6.80. The molecule has 1 fully saturated rings. The summed E-state index contributed by atoms with van der Waals surface area (Å²) in [5.41, 5.74) is 2.69. The first-order valence-electron chi connectivity index (χ1n) is 10.1. The van der Waals surface area contributed by atoms with Crippen LogP contribution in [0.5, 0.6) is 11.5 Å². The molecule has 1 amide bonds. The summed E-state index contributed by atoms with van der Waals surface area (Å²) in [5, 5.41) is 6.25. The number of nitrogens with one attached hydrogen (secondary N) is 2. The van der Waals surface area contributed by atoms with Gasteiger partial charge in [0.15, 0.2) is 23.6 Å². The van der Waals surface area contributed by atoms with Crippen LogP contribution in [-0.4, -0.2) is 37.7 Å². The Balaban J connectivity index is 1.75. The lowest BCUT2D eigenvalue weighted by molar-refractivity contribution is -0.143. The Hall–Kier alpha value is -2.65. The van der Waals surface area contributed by atoms with E-state index in [2.05, 4.69) is 50.4 Å². The number of hydrogen-bond acceptors (Lipinski definition) is 7. The van der Waals surface area contributed by atoms with Crippen LogP contribution in [0.4, 0.5) is 5.69 Å². The number of ether oxygens (including phenoxy) is 3. The molecule has 7 nitrogen and oxygen atoms in total. The second kappa shape index (κ2) is 11.3. The monoisotopic (exact) mass is 520 g/mol. The Morgan fingerprint density at radius 2 is 1.97 bits per heavy atom. The van der Waals surface area contributed by atoms with Gasteiger partial charge in [-0.15, -0.1) is 0 Å². The van der Waals surface area contributed by atoms with Crippen LogP contribution in [0.1, 0.15) is 25.0 Å². The molecule has 2 aromatic carbocycles. The number of halogens is 1. The van der Waals surface area contributed by atoms with Gasteiger partial charge in [0, 0.05) is 5.69 Å². The van der Waals surface area contributed by atoms with Crippen LogP contribution in [0.2, 0.25) is 0 Å². The van der Waals surface area contributed by atoms with Gasteiger partial charge in [0.2, 0.25) is 0 Å². The Morgan fingerprint density at radius 1 is 1.22 bits per heavy atom. The third-order valence-corrected chi connectivity index (χ3v) is 6.20. The van der Waals surface area contributed by atoms with Crippen LogP contribution in [0.25, 0.3) is 6.08 Å². The average Bonchev–Trinajstić information content (AvgIpc) is 3.12. The number of amides is 1. The van der Waals surface area contributed by atoms with E-state index in [9.17, 15) is 9.59 Å². The summed E-state index contributed by atoms with van der Waals surface area (Å²) in [5.74, 6) is 0.218. The van der Waals surface area contributed by atoms with Crippen LogP contribution in [0.15, 0.2) is 45.8 Å². The number of anilines is 1. The minimum Gasteiger partial charge on any atom is -0.490 e. The molecular weight excluding hydrogens is 496 g/mol. The summed E-state index contributed by atoms with van der Waals surface area (Å²) in [6, 6.07) is 11.7. The van der Waals surface area contributed by atoms with Crippen molar-refractivity contribution in [2.45, 2.75) is 25.8 Å². The number of carbonyl (C=O) groups is 2. The molecule has 1 aliphatic rings. The van der Waals surface area contributed by atoms with E-state index >= 15 is 0 Å². The zero-order valence-electron chi connectivity index (χ0n) is 18.1.